The van der Waals surface area contributed by atoms with Gasteiger partial charge in [0, 0.05) is 19.0 Å². The zero-order chi connectivity index (χ0) is 14.7. The third kappa shape index (κ3) is 3.17. The minimum absolute atomic E-state index is 0.0465. The Morgan fingerprint density at radius 1 is 1.40 bits per heavy atom. The van der Waals surface area contributed by atoms with E-state index in [2.05, 4.69) is 11.9 Å². The van der Waals surface area contributed by atoms with Gasteiger partial charge in [0.1, 0.15) is 4.88 Å². The summed E-state index contributed by atoms with van der Waals surface area (Å²) < 4.78 is 0. The largest absolute Gasteiger partial charge is 0.369 e. The molecule has 110 valence electrons. The molecule has 0 unspecified atom stereocenters. The molecule has 1 aromatic rings. The van der Waals surface area contributed by atoms with Gasteiger partial charge in [0.25, 0.3) is 5.91 Å². The number of aromatic nitrogens is 1. The van der Waals surface area contributed by atoms with E-state index in [1.54, 1.807) is 0 Å². The number of carbonyl (C=O) groups excluding carboxylic acids is 2. The van der Waals surface area contributed by atoms with Gasteiger partial charge < -0.3 is 10.6 Å². The van der Waals surface area contributed by atoms with Crippen molar-refractivity contribution in [1.29, 1.82) is 0 Å². The van der Waals surface area contributed by atoms with Crippen LogP contribution in [-0.2, 0) is 11.2 Å². The Hall–Kier alpha value is -1.43. The van der Waals surface area contributed by atoms with Gasteiger partial charge in [0.05, 0.1) is 10.7 Å². The molecular weight excluding hydrogens is 274 g/mol. The SMILES string of the molecule is CCCc1nc(C)c(C(=O)N2CCC(C(N)=O)CC2)s1. The molecule has 0 bridgehead atoms. The smallest absolute Gasteiger partial charge is 0.265 e. The van der Waals surface area contributed by atoms with Crippen LogP contribution >= 0.6 is 11.3 Å². The molecule has 6 heteroatoms. The van der Waals surface area contributed by atoms with Crippen LogP contribution in [0, 0.1) is 12.8 Å². The maximum absolute atomic E-state index is 12.5. The lowest BCUT2D eigenvalue weighted by molar-refractivity contribution is -0.123. The topological polar surface area (TPSA) is 76.3 Å². The van der Waals surface area contributed by atoms with E-state index < -0.39 is 0 Å². The number of thiazole rings is 1. The van der Waals surface area contributed by atoms with E-state index in [1.807, 2.05) is 11.8 Å². The fraction of sp³-hybridized carbons (Fsp3) is 0.643. The number of aryl methyl sites for hydroxylation is 2. The fourth-order valence-corrected chi connectivity index (χ4v) is 3.62. The Morgan fingerprint density at radius 2 is 2.05 bits per heavy atom. The van der Waals surface area contributed by atoms with Crippen molar-refractivity contribution in [3.05, 3.63) is 15.6 Å². The molecule has 2 rings (SSSR count). The molecule has 0 aliphatic carbocycles. The lowest BCUT2D eigenvalue weighted by Crippen LogP contribution is -2.41. The van der Waals surface area contributed by atoms with Crippen LogP contribution in [0.1, 0.15) is 46.6 Å². The predicted molar refractivity (Wildman–Crippen MR) is 78.7 cm³/mol. The van der Waals surface area contributed by atoms with Crippen LogP contribution in [0.25, 0.3) is 0 Å². The molecule has 1 fully saturated rings. The summed E-state index contributed by atoms with van der Waals surface area (Å²) in [5.41, 5.74) is 6.13. The minimum Gasteiger partial charge on any atom is -0.369 e. The second kappa shape index (κ2) is 6.35. The van der Waals surface area contributed by atoms with E-state index in [4.69, 9.17) is 5.73 Å². The number of nitrogens with two attached hydrogens (primary N) is 1. The van der Waals surface area contributed by atoms with Crippen molar-refractivity contribution >= 4 is 23.2 Å². The molecule has 2 amide bonds. The molecule has 1 aliphatic rings. The monoisotopic (exact) mass is 295 g/mol. The van der Waals surface area contributed by atoms with Crippen molar-refractivity contribution in [2.45, 2.75) is 39.5 Å². The quantitative estimate of drug-likeness (QED) is 0.919. The first-order valence-corrected chi connectivity index (χ1v) is 7.89. The van der Waals surface area contributed by atoms with Gasteiger partial charge in [0.15, 0.2) is 0 Å². The van der Waals surface area contributed by atoms with Crippen LogP contribution in [0.3, 0.4) is 0 Å². The normalized spacial score (nSPS) is 16.4. The van der Waals surface area contributed by atoms with E-state index in [0.717, 1.165) is 28.4 Å². The Balaban J connectivity index is 2.03. The highest BCUT2D eigenvalue weighted by atomic mass is 32.1. The molecular formula is C14H21N3O2S. The molecule has 1 saturated heterocycles. The second-order valence-electron chi connectivity index (χ2n) is 5.24. The molecule has 20 heavy (non-hydrogen) atoms. The van der Waals surface area contributed by atoms with Crippen LogP contribution < -0.4 is 5.73 Å². The summed E-state index contributed by atoms with van der Waals surface area (Å²) in [6, 6.07) is 0. The van der Waals surface area contributed by atoms with Crippen LogP contribution in [0.5, 0.6) is 0 Å². The molecule has 2 heterocycles. The van der Waals surface area contributed by atoms with Crippen molar-refractivity contribution in [3.63, 3.8) is 0 Å². The summed E-state index contributed by atoms with van der Waals surface area (Å²) in [5.74, 6) is -0.293. The lowest BCUT2D eigenvalue weighted by atomic mass is 9.96. The van der Waals surface area contributed by atoms with Crippen LogP contribution in [-0.4, -0.2) is 34.8 Å². The van der Waals surface area contributed by atoms with E-state index in [1.165, 1.54) is 11.3 Å². The maximum Gasteiger partial charge on any atom is 0.265 e. The van der Waals surface area contributed by atoms with E-state index in [9.17, 15) is 9.59 Å². The standard InChI is InChI=1S/C14H21N3O2S/c1-3-4-11-16-9(2)12(20-11)14(19)17-7-5-10(6-8-17)13(15)18/h10H,3-8H2,1-2H3,(H2,15,18). The highest BCUT2D eigenvalue weighted by Crippen LogP contribution is 2.24. The Morgan fingerprint density at radius 3 is 2.60 bits per heavy atom. The van der Waals surface area contributed by atoms with E-state index in [0.29, 0.717) is 25.9 Å². The number of nitrogens with zero attached hydrogens (tertiary/aromatic N) is 2. The van der Waals surface area contributed by atoms with Crippen molar-refractivity contribution in [1.82, 2.24) is 9.88 Å². The number of hydrogen-bond donors (Lipinski definition) is 1. The summed E-state index contributed by atoms with van der Waals surface area (Å²) in [6.07, 6.45) is 3.29. The Kier molecular flexibility index (Phi) is 4.75. The first-order chi connectivity index (χ1) is 9.52. The van der Waals surface area contributed by atoms with Crippen LogP contribution in [0.2, 0.25) is 0 Å². The third-order valence-electron chi connectivity index (χ3n) is 3.68. The van der Waals surface area contributed by atoms with Gasteiger partial charge in [-0.25, -0.2) is 4.98 Å². The number of primary amides is 1. The van der Waals surface area contributed by atoms with Crippen molar-refractivity contribution in [2.24, 2.45) is 11.7 Å². The summed E-state index contributed by atoms with van der Waals surface area (Å²) in [5, 5.41) is 1.03. The summed E-state index contributed by atoms with van der Waals surface area (Å²) >= 11 is 1.50. The van der Waals surface area contributed by atoms with Crippen molar-refractivity contribution in [2.75, 3.05) is 13.1 Å². The summed E-state index contributed by atoms with van der Waals surface area (Å²) in [7, 11) is 0. The molecule has 0 radical (unpaired) electrons. The zero-order valence-electron chi connectivity index (χ0n) is 12.0. The number of piperidine rings is 1. The first-order valence-electron chi connectivity index (χ1n) is 7.07. The predicted octanol–water partition coefficient (Wildman–Crippen LogP) is 1.74. The summed E-state index contributed by atoms with van der Waals surface area (Å²) in [6.45, 7) is 5.20. The number of rotatable bonds is 4. The fourth-order valence-electron chi connectivity index (χ4n) is 2.48. The van der Waals surface area contributed by atoms with Crippen LogP contribution in [0.4, 0.5) is 0 Å². The highest BCUT2D eigenvalue weighted by Gasteiger charge is 2.28. The zero-order valence-corrected chi connectivity index (χ0v) is 12.8. The Labute approximate surface area is 123 Å². The van der Waals surface area contributed by atoms with Gasteiger partial charge in [-0.1, -0.05) is 6.92 Å². The van der Waals surface area contributed by atoms with Crippen LogP contribution in [0.15, 0.2) is 0 Å². The van der Waals surface area contributed by atoms with E-state index >= 15 is 0 Å². The number of likely N-dealkylation sites (tertiary alicyclic amines) is 1. The summed E-state index contributed by atoms with van der Waals surface area (Å²) in [4.78, 5) is 30.6. The average Bonchev–Trinajstić information content (AvgIpc) is 2.79. The highest BCUT2D eigenvalue weighted by molar-refractivity contribution is 7.13. The molecule has 1 aromatic heterocycles. The Bertz CT molecular complexity index is 505. The molecule has 0 spiro atoms. The first kappa shape index (κ1) is 15.0. The lowest BCUT2D eigenvalue weighted by Gasteiger charge is -2.30. The minimum atomic E-state index is -0.253. The molecule has 0 atom stereocenters. The van der Waals surface area contributed by atoms with Gasteiger partial charge in [-0.2, -0.15) is 0 Å². The number of carbonyl (C=O) groups is 2. The van der Waals surface area contributed by atoms with Gasteiger partial charge in [-0.15, -0.1) is 11.3 Å². The van der Waals surface area contributed by atoms with Gasteiger partial charge in [-0.05, 0) is 32.6 Å². The number of hydrogen-bond acceptors (Lipinski definition) is 4. The number of amides is 2. The second-order valence-corrected chi connectivity index (χ2v) is 6.32. The van der Waals surface area contributed by atoms with E-state index in [-0.39, 0.29) is 17.7 Å². The van der Waals surface area contributed by atoms with Gasteiger partial charge >= 0.3 is 0 Å². The third-order valence-corrected chi connectivity index (χ3v) is 4.89. The molecule has 2 N–H and O–H groups in total. The maximum atomic E-state index is 12.5. The van der Waals surface area contributed by atoms with Crippen molar-refractivity contribution in [3.8, 4) is 0 Å². The average molecular weight is 295 g/mol. The molecule has 1 aliphatic heterocycles. The van der Waals surface area contributed by atoms with Gasteiger partial charge in [0.2, 0.25) is 5.91 Å². The van der Waals surface area contributed by atoms with Gasteiger partial charge in [-0.3, -0.25) is 9.59 Å². The molecule has 0 aromatic carbocycles. The van der Waals surface area contributed by atoms with Crippen molar-refractivity contribution < 1.29 is 9.59 Å². The molecule has 5 nitrogen and oxygen atoms in total. The molecule has 0 saturated carbocycles.